The van der Waals surface area contributed by atoms with Crippen LogP contribution < -0.4 is 4.90 Å². The van der Waals surface area contributed by atoms with Crippen molar-refractivity contribution in [1.29, 1.82) is 0 Å². The largest absolute Gasteiger partial charge is 0.363 e. The first-order chi connectivity index (χ1) is 12.8. The number of nitro benzene ring substituents is 1. The zero-order valence-electron chi connectivity index (χ0n) is 15.4. The second-order valence-corrected chi connectivity index (χ2v) is 9.08. The zero-order valence-corrected chi connectivity index (χ0v) is 16.2. The van der Waals surface area contributed by atoms with Crippen LogP contribution in [0, 0.1) is 15.9 Å². The summed E-state index contributed by atoms with van der Waals surface area (Å²) in [6.45, 7) is 0.990. The highest BCUT2D eigenvalue weighted by Crippen LogP contribution is 2.31. The minimum Gasteiger partial charge on any atom is -0.363 e. The molecular formula is C17H25FN4O4S. The summed E-state index contributed by atoms with van der Waals surface area (Å²) in [6.07, 6.45) is 4.99. The fraction of sp³-hybridized carbons (Fsp3) is 0.647. The summed E-state index contributed by atoms with van der Waals surface area (Å²) < 4.78 is 42.3. The summed E-state index contributed by atoms with van der Waals surface area (Å²) >= 11 is 0. The van der Waals surface area contributed by atoms with Crippen molar-refractivity contribution >= 4 is 21.6 Å². The molecule has 1 aliphatic heterocycles. The van der Waals surface area contributed by atoms with Crippen LogP contribution in [-0.2, 0) is 10.2 Å². The van der Waals surface area contributed by atoms with E-state index in [1.807, 2.05) is 0 Å². The van der Waals surface area contributed by atoms with Crippen molar-refractivity contribution in [1.82, 2.24) is 8.61 Å². The fourth-order valence-corrected chi connectivity index (χ4v) is 5.46. The second-order valence-electron chi connectivity index (χ2n) is 7.09. The summed E-state index contributed by atoms with van der Waals surface area (Å²) in [5.74, 6) is -0.553. The van der Waals surface area contributed by atoms with Gasteiger partial charge in [0.15, 0.2) is 0 Å². The van der Waals surface area contributed by atoms with E-state index in [1.165, 1.54) is 8.61 Å². The number of nitro groups is 1. The first-order valence-electron chi connectivity index (χ1n) is 9.22. The first kappa shape index (κ1) is 20.0. The van der Waals surface area contributed by atoms with E-state index in [1.54, 1.807) is 11.9 Å². The lowest BCUT2D eigenvalue weighted by molar-refractivity contribution is -0.384. The molecule has 0 aromatic heterocycles. The van der Waals surface area contributed by atoms with Crippen molar-refractivity contribution in [3.63, 3.8) is 0 Å². The summed E-state index contributed by atoms with van der Waals surface area (Å²) in [5, 5.41) is 11.2. The average Bonchev–Trinajstić information content (AvgIpc) is 2.67. The molecule has 150 valence electrons. The third-order valence-corrected chi connectivity index (χ3v) is 7.54. The smallest absolute Gasteiger partial charge is 0.292 e. The molecule has 1 heterocycles. The maximum Gasteiger partial charge on any atom is 0.292 e. The zero-order chi connectivity index (χ0) is 19.6. The van der Waals surface area contributed by atoms with Crippen molar-refractivity contribution in [3.05, 3.63) is 34.1 Å². The van der Waals surface area contributed by atoms with Crippen LogP contribution in [-0.4, -0.2) is 61.2 Å². The lowest BCUT2D eigenvalue weighted by Crippen LogP contribution is -2.54. The Morgan fingerprint density at radius 3 is 2.37 bits per heavy atom. The number of piperazine rings is 1. The van der Waals surface area contributed by atoms with Gasteiger partial charge in [-0.1, -0.05) is 19.3 Å². The lowest BCUT2D eigenvalue weighted by Gasteiger charge is -2.39. The molecule has 1 saturated carbocycles. The average molecular weight is 400 g/mol. The van der Waals surface area contributed by atoms with Gasteiger partial charge in [0.25, 0.3) is 15.9 Å². The van der Waals surface area contributed by atoms with Crippen molar-refractivity contribution in [2.24, 2.45) is 0 Å². The molecule has 0 bridgehead atoms. The molecule has 8 nitrogen and oxygen atoms in total. The molecule has 3 rings (SSSR count). The Morgan fingerprint density at radius 2 is 1.78 bits per heavy atom. The molecule has 0 N–H and O–H groups in total. The van der Waals surface area contributed by atoms with E-state index in [0.717, 1.165) is 50.3 Å². The van der Waals surface area contributed by atoms with Crippen molar-refractivity contribution < 1.29 is 17.7 Å². The number of benzene rings is 1. The predicted octanol–water partition coefficient (Wildman–Crippen LogP) is 2.37. The molecule has 1 aromatic carbocycles. The third kappa shape index (κ3) is 4.22. The van der Waals surface area contributed by atoms with Gasteiger partial charge in [-0.15, -0.1) is 0 Å². The molecule has 0 atom stereocenters. The number of hydrogen-bond acceptors (Lipinski definition) is 5. The highest BCUT2D eigenvalue weighted by Gasteiger charge is 2.35. The van der Waals surface area contributed by atoms with Crippen molar-refractivity contribution in [2.75, 3.05) is 38.1 Å². The van der Waals surface area contributed by atoms with Gasteiger partial charge in [0, 0.05) is 51.4 Å². The van der Waals surface area contributed by atoms with Crippen LogP contribution in [0.2, 0.25) is 0 Å². The molecular weight excluding hydrogens is 375 g/mol. The predicted molar refractivity (Wildman–Crippen MR) is 100 cm³/mol. The highest BCUT2D eigenvalue weighted by atomic mass is 32.2. The van der Waals surface area contributed by atoms with Gasteiger partial charge in [0.1, 0.15) is 11.5 Å². The van der Waals surface area contributed by atoms with Crippen LogP contribution in [0.25, 0.3) is 0 Å². The van der Waals surface area contributed by atoms with E-state index in [0.29, 0.717) is 0 Å². The van der Waals surface area contributed by atoms with Gasteiger partial charge >= 0.3 is 0 Å². The minimum atomic E-state index is -3.57. The van der Waals surface area contributed by atoms with E-state index in [9.17, 15) is 22.9 Å². The lowest BCUT2D eigenvalue weighted by atomic mass is 9.96. The van der Waals surface area contributed by atoms with Crippen LogP contribution in [0.15, 0.2) is 18.2 Å². The molecule has 0 radical (unpaired) electrons. The highest BCUT2D eigenvalue weighted by molar-refractivity contribution is 7.86. The SMILES string of the molecule is CN(C1CCCCC1)S(=O)(=O)N1CCN(c2cc(F)ccc2[N+](=O)[O-])CC1. The van der Waals surface area contributed by atoms with E-state index >= 15 is 0 Å². The van der Waals surface area contributed by atoms with E-state index in [2.05, 4.69) is 0 Å². The van der Waals surface area contributed by atoms with Gasteiger partial charge < -0.3 is 4.90 Å². The summed E-state index contributed by atoms with van der Waals surface area (Å²) in [4.78, 5) is 12.3. The summed E-state index contributed by atoms with van der Waals surface area (Å²) in [7, 11) is -1.94. The van der Waals surface area contributed by atoms with Gasteiger partial charge in [-0.3, -0.25) is 10.1 Å². The van der Waals surface area contributed by atoms with E-state index < -0.39 is 20.9 Å². The Labute approximate surface area is 158 Å². The van der Waals surface area contributed by atoms with Crippen LogP contribution in [0.5, 0.6) is 0 Å². The molecule has 2 aliphatic rings. The maximum atomic E-state index is 13.6. The number of hydrogen-bond donors (Lipinski definition) is 0. The molecule has 0 unspecified atom stereocenters. The van der Waals surface area contributed by atoms with Crippen LogP contribution in [0.4, 0.5) is 15.8 Å². The molecule has 0 amide bonds. The van der Waals surface area contributed by atoms with Crippen LogP contribution >= 0.6 is 0 Å². The first-order valence-corrected chi connectivity index (χ1v) is 10.6. The maximum absolute atomic E-state index is 13.6. The van der Waals surface area contributed by atoms with Gasteiger partial charge in [-0.05, 0) is 18.9 Å². The quantitative estimate of drug-likeness (QED) is 0.559. The molecule has 1 saturated heterocycles. The molecule has 27 heavy (non-hydrogen) atoms. The van der Waals surface area contributed by atoms with Crippen molar-refractivity contribution in [3.8, 4) is 0 Å². The molecule has 1 aliphatic carbocycles. The Hall–Kier alpha value is -1.78. The fourth-order valence-electron chi connectivity index (χ4n) is 3.88. The van der Waals surface area contributed by atoms with Crippen LogP contribution in [0.1, 0.15) is 32.1 Å². The number of halogens is 1. The Bertz CT molecular complexity index is 790. The Balaban J connectivity index is 1.70. The molecule has 2 fully saturated rings. The standard InChI is InChI=1S/C17H25FN4O4S/c1-19(15-5-3-2-4-6-15)27(25,26)21-11-9-20(10-12-21)17-13-14(18)7-8-16(17)22(23)24/h7-8,13,15H,2-6,9-12H2,1H3. The number of nitrogens with zero attached hydrogens (tertiary/aromatic N) is 4. The third-order valence-electron chi connectivity index (χ3n) is 5.49. The minimum absolute atomic E-state index is 0.0334. The van der Waals surface area contributed by atoms with E-state index in [-0.39, 0.29) is 43.6 Å². The Morgan fingerprint density at radius 1 is 1.15 bits per heavy atom. The van der Waals surface area contributed by atoms with E-state index in [4.69, 9.17) is 0 Å². The molecule has 1 aromatic rings. The number of rotatable bonds is 5. The Kier molecular flexibility index (Phi) is 5.97. The molecule has 10 heteroatoms. The number of anilines is 1. The summed E-state index contributed by atoms with van der Waals surface area (Å²) in [5.41, 5.74) is 0.0183. The van der Waals surface area contributed by atoms with Gasteiger partial charge in [0.05, 0.1) is 4.92 Å². The monoisotopic (exact) mass is 400 g/mol. The van der Waals surface area contributed by atoms with Gasteiger partial charge in [-0.25, -0.2) is 4.39 Å². The van der Waals surface area contributed by atoms with Gasteiger partial charge in [0.2, 0.25) is 0 Å². The molecule has 0 spiro atoms. The summed E-state index contributed by atoms with van der Waals surface area (Å²) in [6, 6.07) is 3.37. The normalized spacial score (nSPS) is 20.2. The van der Waals surface area contributed by atoms with Gasteiger partial charge in [-0.2, -0.15) is 17.0 Å². The van der Waals surface area contributed by atoms with Crippen molar-refractivity contribution in [2.45, 2.75) is 38.1 Å². The van der Waals surface area contributed by atoms with Crippen LogP contribution in [0.3, 0.4) is 0 Å². The topological polar surface area (TPSA) is 87.0 Å². The second kappa shape index (κ2) is 8.07.